The van der Waals surface area contributed by atoms with Gasteiger partial charge in [0.2, 0.25) is 17.7 Å². The van der Waals surface area contributed by atoms with Crippen molar-refractivity contribution in [2.24, 2.45) is 0 Å². The van der Waals surface area contributed by atoms with Crippen LogP contribution < -0.4 is 5.32 Å². The monoisotopic (exact) mass is 402 g/mol. The first-order valence-corrected chi connectivity index (χ1v) is 8.67. The number of hydrogen-bond acceptors (Lipinski definition) is 4. The molecule has 7 heteroatoms. The third kappa shape index (κ3) is 3.66. The summed E-state index contributed by atoms with van der Waals surface area (Å²) in [6.45, 7) is 7.84. The first-order valence-electron chi connectivity index (χ1n) is 7.88. The van der Waals surface area contributed by atoms with Crippen LogP contribution in [0.2, 0.25) is 0 Å². The van der Waals surface area contributed by atoms with Gasteiger partial charge in [0, 0.05) is 28.5 Å². The molecule has 0 atom stereocenters. The van der Waals surface area contributed by atoms with Gasteiger partial charge in [0.15, 0.2) is 0 Å². The number of benzene rings is 1. The van der Waals surface area contributed by atoms with Gasteiger partial charge in [-0.25, -0.2) is 0 Å². The Kier molecular flexibility index (Phi) is 4.76. The Hall–Kier alpha value is -2.41. The molecule has 0 saturated carbocycles. The largest absolute Gasteiger partial charge is 0.421 e. The lowest BCUT2D eigenvalue weighted by Gasteiger charge is -2.12. The minimum atomic E-state index is -0.0829. The number of anilines is 1. The van der Waals surface area contributed by atoms with Crippen LogP contribution in [-0.2, 0) is 11.3 Å². The molecule has 0 aliphatic heterocycles. The first kappa shape index (κ1) is 17.4. The Morgan fingerprint density at radius 2 is 1.96 bits per heavy atom. The van der Waals surface area contributed by atoms with Gasteiger partial charge in [-0.2, -0.15) is 0 Å². The van der Waals surface area contributed by atoms with E-state index in [-0.39, 0.29) is 12.5 Å². The van der Waals surface area contributed by atoms with Crippen LogP contribution in [0.25, 0.3) is 11.5 Å². The predicted molar refractivity (Wildman–Crippen MR) is 99.4 cm³/mol. The third-order valence-electron chi connectivity index (χ3n) is 4.09. The summed E-state index contributed by atoms with van der Waals surface area (Å²) < 4.78 is 8.43. The molecule has 0 aliphatic carbocycles. The van der Waals surface area contributed by atoms with Gasteiger partial charge in [-0.15, -0.1) is 10.2 Å². The number of rotatable bonds is 4. The van der Waals surface area contributed by atoms with Gasteiger partial charge < -0.3 is 14.3 Å². The molecule has 1 aromatic carbocycles. The quantitative estimate of drug-likeness (QED) is 0.710. The maximum atomic E-state index is 12.5. The molecular formula is C18H19BrN4O2. The molecule has 25 heavy (non-hydrogen) atoms. The Labute approximate surface area is 154 Å². The maximum absolute atomic E-state index is 12.5. The number of nitrogens with zero attached hydrogens (tertiary/aromatic N) is 3. The highest BCUT2D eigenvalue weighted by Gasteiger charge is 2.17. The molecule has 0 spiro atoms. The summed E-state index contributed by atoms with van der Waals surface area (Å²) in [5.41, 5.74) is 4.55. The van der Waals surface area contributed by atoms with Crippen molar-refractivity contribution < 1.29 is 9.21 Å². The second-order valence-electron chi connectivity index (χ2n) is 6.00. The van der Waals surface area contributed by atoms with E-state index >= 15 is 0 Å². The van der Waals surface area contributed by atoms with Crippen molar-refractivity contribution in [2.75, 3.05) is 5.32 Å². The van der Waals surface area contributed by atoms with Crippen molar-refractivity contribution in [3.05, 3.63) is 51.6 Å². The van der Waals surface area contributed by atoms with Gasteiger partial charge in [-0.3, -0.25) is 4.79 Å². The fourth-order valence-corrected chi connectivity index (χ4v) is 3.24. The van der Waals surface area contributed by atoms with Crippen molar-refractivity contribution in [2.45, 2.75) is 34.2 Å². The molecule has 3 aromatic rings. The van der Waals surface area contributed by atoms with Gasteiger partial charge in [0.25, 0.3) is 0 Å². The zero-order valence-electron chi connectivity index (χ0n) is 14.6. The summed E-state index contributed by atoms with van der Waals surface area (Å²) in [6.07, 6.45) is 0. The Balaban J connectivity index is 1.81. The summed E-state index contributed by atoms with van der Waals surface area (Å²) in [7, 11) is 0. The lowest BCUT2D eigenvalue weighted by atomic mass is 10.2. The summed E-state index contributed by atoms with van der Waals surface area (Å²) in [5, 5.41) is 10.9. The second kappa shape index (κ2) is 6.84. The van der Waals surface area contributed by atoms with Crippen molar-refractivity contribution >= 4 is 27.5 Å². The van der Waals surface area contributed by atoms with Crippen LogP contribution in [0.3, 0.4) is 0 Å². The van der Waals surface area contributed by atoms with E-state index in [0.717, 1.165) is 32.7 Å². The second-order valence-corrected chi connectivity index (χ2v) is 6.92. The van der Waals surface area contributed by atoms with Crippen LogP contribution in [0.5, 0.6) is 0 Å². The first-order chi connectivity index (χ1) is 11.8. The van der Waals surface area contributed by atoms with E-state index in [2.05, 4.69) is 31.4 Å². The molecule has 2 aromatic heterocycles. The number of halogens is 1. The average molecular weight is 403 g/mol. The van der Waals surface area contributed by atoms with Crippen LogP contribution in [0.1, 0.15) is 22.8 Å². The summed E-state index contributed by atoms with van der Waals surface area (Å²) >= 11 is 3.43. The van der Waals surface area contributed by atoms with Gasteiger partial charge in [0.1, 0.15) is 6.54 Å². The van der Waals surface area contributed by atoms with Crippen LogP contribution in [-0.4, -0.2) is 20.7 Å². The summed E-state index contributed by atoms with van der Waals surface area (Å²) in [4.78, 5) is 12.5. The van der Waals surface area contributed by atoms with Gasteiger partial charge in [-0.05, 0) is 50.6 Å². The van der Waals surface area contributed by atoms with Crippen LogP contribution in [0.15, 0.2) is 33.2 Å². The van der Waals surface area contributed by atoms with Crippen LogP contribution in [0, 0.1) is 27.7 Å². The summed E-state index contributed by atoms with van der Waals surface area (Å²) in [6, 6.07) is 7.72. The SMILES string of the molecule is Cc1nnc(-c2cc(C)n(CC(=O)Nc3ccc(Br)cc3C)c2C)o1. The molecule has 0 bridgehead atoms. The molecule has 1 N–H and O–H groups in total. The Morgan fingerprint density at radius 1 is 1.20 bits per heavy atom. The zero-order chi connectivity index (χ0) is 18.1. The Morgan fingerprint density at radius 3 is 2.60 bits per heavy atom. The van der Waals surface area contributed by atoms with E-state index in [4.69, 9.17) is 4.42 Å². The van der Waals surface area contributed by atoms with Crippen LogP contribution in [0.4, 0.5) is 5.69 Å². The predicted octanol–water partition coefficient (Wildman–Crippen LogP) is 4.17. The van der Waals surface area contributed by atoms with E-state index in [0.29, 0.717) is 11.8 Å². The van der Waals surface area contributed by atoms with E-state index < -0.39 is 0 Å². The van der Waals surface area contributed by atoms with Crippen molar-refractivity contribution in [1.29, 1.82) is 0 Å². The minimum absolute atomic E-state index is 0.0829. The average Bonchev–Trinajstić information content (AvgIpc) is 3.08. The molecule has 0 unspecified atom stereocenters. The third-order valence-corrected chi connectivity index (χ3v) is 4.59. The normalized spacial score (nSPS) is 10.9. The molecule has 130 valence electrons. The molecule has 0 fully saturated rings. The topological polar surface area (TPSA) is 73.0 Å². The number of carbonyl (C=O) groups is 1. The molecular weight excluding hydrogens is 384 g/mol. The van der Waals surface area contributed by atoms with E-state index in [1.165, 1.54) is 0 Å². The van der Waals surface area contributed by atoms with Gasteiger partial charge >= 0.3 is 0 Å². The molecule has 3 rings (SSSR count). The number of carbonyl (C=O) groups excluding carboxylic acids is 1. The number of aromatic nitrogens is 3. The molecule has 1 amide bonds. The standard InChI is InChI=1S/C18H19BrN4O2/c1-10-7-14(19)5-6-16(10)20-17(24)9-23-11(2)8-15(12(23)3)18-22-21-13(4)25-18/h5-8H,9H2,1-4H3,(H,20,24). The lowest BCUT2D eigenvalue weighted by molar-refractivity contribution is -0.116. The molecule has 0 aliphatic rings. The van der Waals surface area contributed by atoms with Crippen molar-refractivity contribution in [3.8, 4) is 11.5 Å². The highest BCUT2D eigenvalue weighted by molar-refractivity contribution is 9.10. The van der Waals surface area contributed by atoms with E-state index in [1.54, 1.807) is 6.92 Å². The highest BCUT2D eigenvalue weighted by Crippen LogP contribution is 2.26. The fraction of sp³-hybridized carbons (Fsp3) is 0.278. The zero-order valence-corrected chi connectivity index (χ0v) is 16.1. The maximum Gasteiger partial charge on any atom is 0.249 e. The summed E-state index contributed by atoms with van der Waals surface area (Å²) in [5.74, 6) is 0.907. The number of amides is 1. The van der Waals surface area contributed by atoms with Crippen LogP contribution >= 0.6 is 15.9 Å². The van der Waals surface area contributed by atoms with Crippen molar-refractivity contribution in [1.82, 2.24) is 14.8 Å². The van der Waals surface area contributed by atoms with Gasteiger partial charge in [0.05, 0.1) is 5.56 Å². The smallest absolute Gasteiger partial charge is 0.249 e. The lowest BCUT2D eigenvalue weighted by Crippen LogP contribution is -2.20. The number of aryl methyl sites for hydroxylation is 3. The minimum Gasteiger partial charge on any atom is -0.421 e. The number of nitrogens with one attached hydrogen (secondary N) is 1. The van der Waals surface area contributed by atoms with Crippen molar-refractivity contribution in [3.63, 3.8) is 0 Å². The molecule has 6 nitrogen and oxygen atoms in total. The van der Waals surface area contributed by atoms with E-state index in [9.17, 15) is 4.79 Å². The highest BCUT2D eigenvalue weighted by atomic mass is 79.9. The molecule has 0 radical (unpaired) electrons. The fourth-order valence-electron chi connectivity index (χ4n) is 2.77. The number of hydrogen-bond donors (Lipinski definition) is 1. The van der Waals surface area contributed by atoms with E-state index in [1.807, 2.05) is 49.6 Å². The molecule has 0 saturated heterocycles. The van der Waals surface area contributed by atoms with Gasteiger partial charge in [-0.1, -0.05) is 15.9 Å². The Bertz CT molecular complexity index is 943. The molecule has 2 heterocycles.